The molecule has 2 atom stereocenters. The molecular weight excluding hydrogens is 300 g/mol. The average Bonchev–Trinajstić information content (AvgIpc) is 2.88. The molecule has 0 saturated carbocycles. The fraction of sp³-hybridized carbons (Fsp3) is 0.533. The summed E-state index contributed by atoms with van der Waals surface area (Å²) >= 11 is 0. The lowest BCUT2D eigenvalue weighted by Gasteiger charge is -2.36. The molecule has 1 fully saturated rings. The Hall–Kier alpha value is -1.44. The van der Waals surface area contributed by atoms with Crippen LogP contribution < -0.4 is 5.32 Å². The van der Waals surface area contributed by atoms with Gasteiger partial charge in [0.2, 0.25) is 10.0 Å². The molecule has 7 heteroatoms. The third kappa shape index (κ3) is 3.16. The summed E-state index contributed by atoms with van der Waals surface area (Å²) < 4.78 is 26.7. The van der Waals surface area contributed by atoms with Crippen LogP contribution in [0.5, 0.6) is 0 Å². The SMILES string of the molecule is CC1CN(S(C)(=O)=O)CCC1NCc1cnn2ccccc12. The first-order valence-corrected chi connectivity index (χ1v) is 9.40. The molecule has 6 nitrogen and oxygen atoms in total. The summed E-state index contributed by atoms with van der Waals surface area (Å²) in [6.45, 7) is 4.04. The minimum absolute atomic E-state index is 0.297. The maximum Gasteiger partial charge on any atom is 0.211 e. The summed E-state index contributed by atoms with van der Waals surface area (Å²) in [5.41, 5.74) is 2.27. The quantitative estimate of drug-likeness (QED) is 0.915. The molecule has 1 aliphatic rings. The average molecular weight is 322 g/mol. The molecule has 0 spiro atoms. The molecule has 0 amide bonds. The molecule has 1 N–H and O–H groups in total. The van der Waals surface area contributed by atoms with Gasteiger partial charge in [-0.05, 0) is 24.5 Å². The highest BCUT2D eigenvalue weighted by molar-refractivity contribution is 7.88. The number of nitrogens with one attached hydrogen (secondary N) is 1. The highest BCUT2D eigenvalue weighted by atomic mass is 32.2. The number of rotatable bonds is 4. The number of hydrogen-bond acceptors (Lipinski definition) is 4. The summed E-state index contributed by atoms with van der Waals surface area (Å²) in [6.07, 6.45) is 5.95. The summed E-state index contributed by atoms with van der Waals surface area (Å²) in [4.78, 5) is 0. The van der Waals surface area contributed by atoms with E-state index in [0.29, 0.717) is 25.0 Å². The first kappa shape index (κ1) is 15.5. The van der Waals surface area contributed by atoms with Crippen LogP contribution in [0.4, 0.5) is 0 Å². The highest BCUT2D eigenvalue weighted by Crippen LogP contribution is 2.20. The molecule has 2 aromatic rings. The van der Waals surface area contributed by atoms with Gasteiger partial charge in [-0.2, -0.15) is 5.10 Å². The van der Waals surface area contributed by atoms with E-state index in [1.54, 1.807) is 4.31 Å². The normalized spacial score (nSPS) is 23.9. The van der Waals surface area contributed by atoms with Crippen molar-refractivity contribution in [2.24, 2.45) is 5.92 Å². The Morgan fingerprint density at radius 2 is 2.23 bits per heavy atom. The van der Waals surface area contributed by atoms with Crippen molar-refractivity contribution in [2.45, 2.75) is 25.9 Å². The van der Waals surface area contributed by atoms with Crippen molar-refractivity contribution in [1.29, 1.82) is 0 Å². The van der Waals surface area contributed by atoms with E-state index in [2.05, 4.69) is 23.4 Å². The minimum Gasteiger partial charge on any atom is -0.309 e. The van der Waals surface area contributed by atoms with E-state index < -0.39 is 10.0 Å². The van der Waals surface area contributed by atoms with Crippen LogP contribution in [0.2, 0.25) is 0 Å². The molecule has 2 unspecified atom stereocenters. The van der Waals surface area contributed by atoms with E-state index >= 15 is 0 Å². The number of aromatic nitrogens is 2. The highest BCUT2D eigenvalue weighted by Gasteiger charge is 2.30. The van der Waals surface area contributed by atoms with Crippen molar-refractivity contribution in [3.63, 3.8) is 0 Å². The minimum atomic E-state index is -3.08. The fourth-order valence-corrected chi connectivity index (χ4v) is 4.02. The van der Waals surface area contributed by atoms with Crippen LogP contribution in [0, 0.1) is 5.92 Å². The predicted octanol–water partition coefficient (Wildman–Crippen LogP) is 1.09. The second kappa shape index (κ2) is 5.98. The van der Waals surface area contributed by atoms with E-state index in [0.717, 1.165) is 18.5 Å². The van der Waals surface area contributed by atoms with Crippen molar-refractivity contribution in [3.05, 3.63) is 36.2 Å². The molecule has 1 saturated heterocycles. The third-order valence-electron chi connectivity index (χ3n) is 4.40. The van der Waals surface area contributed by atoms with E-state index in [9.17, 15) is 8.42 Å². The monoisotopic (exact) mass is 322 g/mol. The van der Waals surface area contributed by atoms with Gasteiger partial charge in [-0.3, -0.25) is 0 Å². The predicted molar refractivity (Wildman–Crippen MR) is 86.0 cm³/mol. The van der Waals surface area contributed by atoms with Gasteiger partial charge >= 0.3 is 0 Å². The van der Waals surface area contributed by atoms with E-state index in [1.165, 1.54) is 11.8 Å². The van der Waals surface area contributed by atoms with Crippen LogP contribution in [-0.4, -0.2) is 47.7 Å². The van der Waals surface area contributed by atoms with Crippen molar-refractivity contribution in [3.8, 4) is 0 Å². The van der Waals surface area contributed by atoms with Crippen molar-refractivity contribution in [2.75, 3.05) is 19.3 Å². The zero-order valence-corrected chi connectivity index (χ0v) is 13.8. The van der Waals surface area contributed by atoms with Gasteiger partial charge in [-0.15, -0.1) is 0 Å². The molecule has 2 aromatic heterocycles. The van der Waals surface area contributed by atoms with Gasteiger partial charge in [0.15, 0.2) is 0 Å². The summed E-state index contributed by atoms with van der Waals surface area (Å²) in [5.74, 6) is 0.297. The Balaban J connectivity index is 1.63. The number of piperidine rings is 1. The largest absolute Gasteiger partial charge is 0.309 e. The number of hydrogen-bond donors (Lipinski definition) is 1. The number of fused-ring (bicyclic) bond motifs is 1. The lowest BCUT2D eigenvalue weighted by Crippen LogP contribution is -2.49. The van der Waals surface area contributed by atoms with Crippen molar-refractivity contribution in [1.82, 2.24) is 19.2 Å². The van der Waals surface area contributed by atoms with Gasteiger partial charge in [0.1, 0.15) is 0 Å². The zero-order valence-electron chi connectivity index (χ0n) is 12.9. The third-order valence-corrected chi connectivity index (χ3v) is 5.67. The Labute approximate surface area is 131 Å². The number of nitrogens with zero attached hydrogens (tertiary/aromatic N) is 3. The van der Waals surface area contributed by atoms with Crippen molar-refractivity contribution < 1.29 is 8.42 Å². The Morgan fingerprint density at radius 3 is 2.95 bits per heavy atom. The molecule has 0 radical (unpaired) electrons. The van der Waals surface area contributed by atoms with Gasteiger partial charge in [-0.1, -0.05) is 13.0 Å². The second-order valence-electron chi connectivity index (χ2n) is 6.07. The van der Waals surface area contributed by atoms with Gasteiger partial charge in [-0.25, -0.2) is 17.2 Å². The van der Waals surface area contributed by atoms with Crippen LogP contribution in [0.3, 0.4) is 0 Å². The maximum absolute atomic E-state index is 11.6. The maximum atomic E-state index is 11.6. The smallest absolute Gasteiger partial charge is 0.211 e. The molecule has 3 heterocycles. The Bertz CT molecular complexity index is 756. The number of sulfonamides is 1. The molecule has 120 valence electrons. The Morgan fingerprint density at radius 1 is 1.41 bits per heavy atom. The van der Waals surface area contributed by atoms with Crippen LogP contribution in [0.25, 0.3) is 5.52 Å². The molecule has 0 bridgehead atoms. The van der Waals surface area contributed by atoms with Crippen LogP contribution in [-0.2, 0) is 16.6 Å². The lowest BCUT2D eigenvalue weighted by molar-refractivity contribution is 0.220. The van der Waals surface area contributed by atoms with E-state index in [1.807, 2.05) is 29.0 Å². The summed E-state index contributed by atoms with van der Waals surface area (Å²) in [6, 6.07) is 6.35. The molecule has 3 rings (SSSR count). The van der Waals surface area contributed by atoms with Crippen LogP contribution >= 0.6 is 0 Å². The summed E-state index contributed by atoms with van der Waals surface area (Å²) in [7, 11) is -3.08. The molecular formula is C15H22N4O2S. The van der Waals surface area contributed by atoms with Crippen LogP contribution in [0.15, 0.2) is 30.6 Å². The fourth-order valence-electron chi connectivity index (χ4n) is 3.08. The van der Waals surface area contributed by atoms with Crippen LogP contribution in [0.1, 0.15) is 18.9 Å². The van der Waals surface area contributed by atoms with E-state index in [4.69, 9.17) is 0 Å². The second-order valence-corrected chi connectivity index (χ2v) is 8.06. The molecule has 0 aliphatic carbocycles. The molecule has 22 heavy (non-hydrogen) atoms. The van der Waals surface area contributed by atoms with Gasteiger partial charge in [0.05, 0.1) is 18.0 Å². The van der Waals surface area contributed by atoms with Gasteiger partial charge in [0.25, 0.3) is 0 Å². The molecule has 0 aromatic carbocycles. The number of pyridine rings is 1. The van der Waals surface area contributed by atoms with Gasteiger partial charge < -0.3 is 5.32 Å². The van der Waals surface area contributed by atoms with Gasteiger partial charge in [0, 0.05) is 37.4 Å². The zero-order chi connectivity index (χ0) is 15.7. The topological polar surface area (TPSA) is 66.7 Å². The first-order chi connectivity index (χ1) is 10.4. The Kier molecular flexibility index (Phi) is 4.20. The lowest BCUT2D eigenvalue weighted by atomic mass is 9.95. The standard InChI is InChI=1S/C15H22N4O2S/c1-12-11-18(22(2,20)21)8-6-14(12)16-9-13-10-17-19-7-4-3-5-15(13)19/h3-5,7,10,12,14,16H,6,8-9,11H2,1-2H3. The van der Waals surface area contributed by atoms with Crippen molar-refractivity contribution >= 4 is 15.5 Å². The molecule has 1 aliphatic heterocycles. The van der Waals surface area contributed by atoms with E-state index in [-0.39, 0.29) is 0 Å². The summed E-state index contributed by atoms with van der Waals surface area (Å²) in [5, 5.41) is 7.90. The first-order valence-electron chi connectivity index (χ1n) is 7.55.